The van der Waals surface area contributed by atoms with Gasteiger partial charge < -0.3 is 10.8 Å². The second kappa shape index (κ2) is 6.24. The molecule has 1 saturated carbocycles. The molecule has 1 aromatic carbocycles. The molecule has 0 spiro atoms. The van der Waals surface area contributed by atoms with E-state index in [9.17, 15) is 9.90 Å². The molecule has 3 N–H and O–H groups in total. The Morgan fingerprint density at radius 2 is 2.15 bits per heavy atom. The average Bonchev–Trinajstić information content (AvgIpc) is 2.89. The number of nitrogens with two attached hydrogens (primary N) is 1. The second-order valence-corrected chi connectivity index (χ2v) is 6.47. The van der Waals surface area contributed by atoms with Crippen LogP contribution < -0.4 is 5.73 Å². The first kappa shape index (κ1) is 15.5. The monoisotopic (exact) mass is 340 g/mol. The van der Waals surface area contributed by atoms with Crippen molar-refractivity contribution >= 4 is 21.8 Å². The van der Waals surface area contributed by atoms with Crippen molar-refractivity contribution in [1.29, 1.82) is 0 Å². The lowest BCUT2D eigenvalue weighted by Gasteiger charge is -2.37. The zero-order valence-electron chi connectivity index (χ0n) is 11.7. The van der Waals surface area contributed by atoms with Crippen molar-refractivity contribution in [3.63, 3.8) is 0 Å². The largest absolute Gasteiger partial charge is 0.387 e. The molecule has 0 saturated heterocycles. The van der Waals surface area contributed by atoms with E-state index >= 15 is 0 Å². The number of primary amides is 1. The summed E-state index contributed by atoms with van der Waals surface area (Å²) in [5, 5.41) is 10.4. The van der Waals surface area contributed by atoms with Gasteiger partial charge in [-0.05, 0) is 37.6 Å². The number of benzene rings is 1. The average molecular weight is 341 g/mol. The molecule has 1 aromatic rings. The number of aliphatic hydroxyl groups excluding tert-OH is 1. The van der Waals surface area contributed by atoms with E-state index in [1.165, 1.54) is 0 Å². The first-order chi connectivity index (χ1) is 9.45. The summed E-state index contributed by atoms with van der Waals surface area (Å²) < 4.78 is 0.933. The van der Waals surface area contributed by atoms with Crippen LogP contribution in [0.25, 0.3) is 0 Å². The van der Waals surface area contributed by atoms with Crippen LogP contribution in [0.15, 0.2) is 28.7 Å². The molecule has 1 unspecified atom stereocenters. The highest BCUT2D eigenvalue weighted by atomic mass is 79.9. The molecular weight excluding hydrogens is 320 g/mol. The number of amides is 1. The summed E-state index contributed by atoms with van der Waals surface area (Å²) in [5.41, 5.74) is 5.85. The topological polar surface area (TPSA) is 66.6 Å². The SMILES string of the molecule is CN(CC(O)c1cccc(Br)c1)C1(C(N)=O)CCCC1. The number of hydrogen-bond donors (Lipinski definition) is 2. The summed E-state index contributed by atoms with van der Waals surface area (Å²) in [5.74, 6) is -0.279. The molecule has 1 fully saturated rings. The predicted molar refractivity (Wildman–Crippen MR) is 82.1 cm³/mol. The van der Waals surface area contributed by atoms with E-state index in [4.69, 9.17) is 5.73 Å². The number of carbonyl (C=O) groups excluding carboxylic acids is 1. The molecule has 5 heteroatoms. The minimum atomic E-state index is -0.630. The van der Waals surface area contributed by atoms with Gasteiger partial charge in [-0.2, -0.15) is 0 Å². The lowest BCUT2D eigenvalue weighted by Crippen LogP contribution is -2.55. The quantitative estimate of drug-likeness (QED) is 0.863. The van der Waals surface area contributed by atoms with Crippen LogP contribution in [0.2, 0.25) is 0 Å². The van der Waals surface area contributed by atoms with Crippen molar-refractivity contribution < 1.29 is 9.90 Å². The standard InChI is InChI=1S/C15H21BrN2O2/c1-18(15(14(17)20)7-2-3-8-15)10-13(19)11-5-4-6-12(16)9-11/h4-6,9,13,19H,2-3,7-8,10H2,1H3,(H2,17,20). The highest BCUT2D eigenvalue weighted by Crippen LogP contribution is 2.35. The number of β-amino-alcohol motifs (C(OH)–C–C–N with tert-alkyl or cyclic N) is 1. The van der Waals surface area contributed by atoms with E-state index in [1.54, 1.807) is 0 Å². The molecule has 2 rings (SSSR count). The molecule has 0 heterocycles. The maximum atomic E-state index is 11.8. The van der Waals surface area contributed by atoms with Gasteiger partial charge in [0.15, 0.2) is 0 Å². The number of halogens is 1. The Labute approximate surface area is 128 Å². The fourth-order valence-corrected chi connectivity index (χ4v) is 3.45. The van der Waals surface area contributed by atoms with E-state index in [1.807, 2.05) is 36.2 Å². The molecular formula is C15H21BrN2O2. The van der Waals surface area contributed by atoms with Crippen LogP contribution in [-0.4, -0.2) is 35.0 Å². The molecule has 0 bridgehead atoms. The summed E-state index contributed by atoms with van der Waals surface area (Å²) in [7, 11) is 1.87. The van der Waals surface area contributed by atoms with Gasteiger partial charge in [0.2, 0.25) is 5.91 Å². The molecule has 4 nitrogen and oxygen atoms in total. The molecule has 0 aromatic heterocycles. The summed E-state index contributed by atoms with van der Waals surface area (Å²) in [6, 6.07) is 7.59. The number of carbonyl (C=O) groups is 1. The van der Waals surface area contributed by atoms with Gasteiger partial charge in [-0.15, -0.1) is 0 Å². The third-order valence-electron chi connectivity index (χ3n) is 4.30. The van der Waals surface area contributed by atoms with Gasteiger partial charge in [-0.25, -0.2) is 0 Å². The van der Waals surface area contributed by atoms with Crippen molar-refractivity contribution in [2.75, 3.05) is 13.6 Å². The molecule has 1 aliphatic carbocycles. The zero-order chi connectivity index (χ0) is 14.8. The van der Waals surface area contributed by atoms with Crippen molar-refractivity contribution in [1.82, 2.24) is 4.90 Å². The Balaban J connectivity index is 2.10. The molecule has 1 atom stereocenters. The van der Waals surface area contributed by atoms with E-state index in [0.29, 0.717) is 6.54 Å². The van der Waals surface area contributed by atoms with Crippen LogP contribution >= 0.6 is 15.9 Å². The fraction of sp³-hybridized carbons (Fsp3) is 0.533. The molecule has 0 aliphatic heterocycles. The molecule has 1 aliphatic rings. The summed E-state index contributed by atoms with van der Waals surface area (Å²) in [6.07, 6.45) is 2.96. The van der Waals surface area contributed by atoms with Crippen LogP contribution in [0.5, 0.6) is 0 Å². The minimum absolute atomic E-state index is 0.279. The van der Waals surface area contributed by atoms with Gasteiger partial charge in [0.05, 0.1) is 11.6 Å². The summed E-state index contributed by atoms with van der Waals surface area (Å²) in [6.45, 7) is 0.402. The van der Waals surface area contributed by atoms with E-state index in [0.717, 1.165) is 35.7 Å². The minimum Gasteiger partial charge on any atom is -0.387 e. The Bertz CT molecular complexity index is 487. The van der Waals surface area contributed by atoms with Gasteiger partial charge in [0.1, 0.15) is 0 Å². The molecule has 1 amide bonds. The Morgan fingerprint density at radius 3 is 2.70 bits per heavy atom. The lowest BCUT2D eigenvalue weighted by molar-refractivity contribution is -0.130. The smallest absolute Gasteiger partial charge is 0.237 e. The van der Waals surface area contributed by atoms with E-state index in [2.05, 4.69) is 15.9 Å². The first-order valence-electron chi connectivity index (χ1n) is 6.90. The van der Waals surface area contributed by atoms with Crippen molar-refractivity contribution in [3.8, 4) is 0 Å². The molecule has 0 radical (unpaired) electrons. The predicted octanol–water partition coefficient (Wildman–Crippen LogP) is 2.21. The van der Waals surface area contributed by atoms with Crippen molar-refractivity contribution in [2.45, 2.75) is 37.3 Å². The van der Waals surface area contributed by atoms with E-state index < -0.39 is 11.6 Å². The van der Waals surface area contributed by atoms with Crippen LogP contribution in [0.3, 0.4) is 0 Å². The van der Waals surface area contributed by atoms with E-state index in [-0.39, 0.29) is 5.91 Å². The van der Waals surface area contributed by atoms with Gasteiger partial charge >= 0.3 is 0 Å². The third kappa shape index (κ3) is 3.05. The normalized spacial score (nSPS) is 19.2. The molecule has 110 valence electrons. The summed E-state index contributed by atoms with van der Waals surface area (Å²) >= 11 is 3.40. The Hall–Kier alpha value is -0.910. The Kier molecular flexibility index (Phi) is 4.83. The lowest BCUT2D eigenvalue weighted by atomic mass is 9.93. The van der Waals surface area contributed by atoms with Crippen LogP contribution in [0.4, 0.5) is 0 Å². The number of likely N-dealkylation sites (N-methyl/N-ethyl adjacent to an activating group) is 1. The zero-order valence-corrected chi connectivity index (χ0v) is 13.3. The van der Waals surface area contributed by atoms with Gasteiger partial charge in [-0.3, -0.25) is 9.69 Å². The first-order valence-corrected chi connectivity index (χ1v) is 7.70. The highest BCUT2D eigenvalue weighted by molar-refractivity contribution is 9.10. The van der Waals surface area contributed by atoms with Gasteiger partial charge in [0, 0.05) is 11.0 Å². The third-order valence-corrected chi connectivity index (χ3v) is 4.79. The van der Waals surface area contributed by atoms with Gasteiger partial charge in [-0.1, -0.05) is 40.9 Å². The van der Waals surface area contributed by atoms with Crippen LogP contribution in [-0.2, 0) is 4.79 Å². The van der Waals surface area contributed by atoms with Crippen LogP contribution in [0.1, 0.15) is 37.4 Å². The highest BCUT2D eigenvalue weighted by Gasteiger charge is 2.43. The number of nitrogens with zero attached hydrogens (tertiary/aromatic N) is 1. The number of aliphatic hydroxyl groups is 1. The Morgan fingerprint density at radius 1 is 1.50 bits per heavy atom. The molecule has 20 heavy (non-hydrogen) atoms. The van der Waals surface area contributed by atoms with Gasteiger partial charge in [0.25, 0.3) is 0 Å². The van der Waals surface area contributed by atoms with Crippen molar-refractivity contribution in [2.24, 2.45) is 5.73 Å². The number of rotatable bonds is 5. The summed E-state index contributed by atoms with van der Waals surface area (Å²) in [4.78, 5) is 13.8. The number of hydrogen-bond acceptors (Lipinski definition) is 3. The second-order valence-electron chi connectivity index (χ2n) is 5.55. The maximum absolute atomic E-state index is 11.8. The van der Waals surface area contributed by atoms with Crippen molar-refractivity contribution in [3.05, 3.63) is 34.3 Å². The fourth-order valence-electron chi connectivity index (χ4n) is 3.03. The van der Waals surface area contributed by atoms with Crippen LogP contribution in [0, 0.1) is 0 Å². The maximum Gasteiger partial charge on any atom is 0.237 e.